The van der Waals surface area contributed by atoms with E-state index in [-0.39, 0.29) is 11.3 Å². The number of aryl methyl sites for hydroxylation is 1. The molecular weight excluding hydrogens is 292 g/mol. The van der Waals surface area contributed by atoms with Crippen LogP contribution in [0.4, 0.5) is 5.69 Å². The van der Waals surface area contributed by atoms with Crippen LogP contribution >= 0.6 is 0 Å². The predicted octanol–water partition coefficient (Wildman–Crippen LogP) is 3.25. The molecule has 0 spiro atoms. The Morgan fingerprint density at radius 1 is 1.26 bits per heavy atom. The van der Waals surface area contributed by atoms with Crippen molar-refractivity contribution in [2.75, 3.05) is 12.4 Å². The van der Waals surface area contributed by atoms with Crippen LogP contribution < -0.4 is 10.1 Å². The zero-order valence-corrected chi connectivity index (χ0v) is 12.8. The molecule has 5 nitrogen and oxygen atoms in total. The molecule has 1 amide bonds. The Hall–Kier alpha value is -3.26. The maximum atomic E-state index is 12.2. The predicted molar refractivity (Wildman–Crippen MR) is 88.1 cm³/mol. The van der Waals surface area contributed by atoms with Crippen molar-refractivity contribution in [1.82, 2.24) is 0 Å². The van der Waals surface area contributed by atoms with Gasteiger partial charge in [0.15, 0.2) is 11.5 Å². The molecule has 2 rings (SSSR count). The van der Waals surface area contributed by atoms with Crippen LogP contribution in [0.1, 0.15) is 11.1 Å². The molecule has 2 aromatic carbocycles. The van der Waals surface area contributed by atoms with Gasteiger partial charge in [0, 0.05) is 5.69 Å². The van der Waals surface area contributed by atoms with Gasteiger partial charge in [0.05, 0.1) is 7.11 Å². The maximum absolute atomic E-state index is 12.2. The first-order valence-electron chi connectivity index (χ1n) is 6.90. The van der Waals surface area contributed by atoms with Crippen molar-refractivity contribution in [2.24, 2.45) is 0 Å². The van der Waals surface area contributed by atoms with Crippen LogP contribution in [-0.2, 0) is 4.79 Å². The van der Waals surface area contributed by atoms with Crippen molar-refractivity contribution in [3.8, 4) is 17.6 Å². The third-order valence-corrected chi connectivity index (χ3v) is 3.19. The lowest BCUT2D eigenvalue weighted by molar-refractivity contribution is -0.112. The lowest BCUT2D eigenvalue weighted by Gasteiger charge is -2.06. The summed E-state index contributed by atoms with van der Waals surface area (Å²) in [5.41, 5.74) is 2.15. The summed E-state index contributed by atoms with van der Waals surface area (Å²) in [6, 6.07) is 13.8. The van der Waals surface area contributed by atoms with Gasteiger partial charge in [-0.15, -0.1) is 0 Å². The number of carbonyl (C=O) groups is 1. The van der Waals surface area contributed by atoms with Crippen LogP contribution in [0, 0.1) is 18.3 Å². The van der Waals surface area contributed by atoms with E-state index in [1.165, 1.54) is 19.3 Å². The Balaban J connectivity index is 2.21. The normalized spacial score (nSPS) is 10.7. The van der Waals surface area contributed by atoms with Gasteiger partial charge in [0.25, 0.3) is 5.91 Å². The molecular formula is C18H16N2O3. The Labute approximate surface area is 134 Å². The number of hydrogen-bond donors (Lipinski definition) is 2. The standard InChI is InChI=1S/C18H16N2O3/c1-12-3-6-15(7-4-12)20-18(22)14(11-19)9-13-5-8-17(23-2)16(21)10-13/h3-10,21H,1-2H3,(H,20,22). The van der Waals surface area contributed by atoms with Gasteiger partial charge < -0.3 is 15.2 Å². The summed E-state index contributed by atoms with van der Waals surface area (Å²) in [5.74, 6) is -0.242. The van der Waals surface area contributed by atoms with Crippen LogP contribution in [0.5, 0.6) is 11.5 Å². The topological polar surface area (TPSA) is 82.3 Å². The van der Waals surface area contributed by atoms with E-state index in [4.69, 9.17) is 4.74 Å². The Morgan fingerprint density at radius 2 is 1.96 bits per heavy atom. The fraction of sp³-hybridized carbons (Fsp3) is 0.111. The van der Waals surface area contributed by atoms with E-state index < -0.39 is 5.91 Å². The summed E-state index contributed by atoms with van der Waals surface area (Å²) in [5, 5.41) is 21.6. The van der Waals surface area contributed by atoms with E-state index >= 15 is 0 Å². The highest BCUT2D eigenvalue weighted by atomic mass is 16.5. The number of nitrogens with one attached hydrogen (secondary N) is 1. The highest BCUT2D eigenvalue weighted by Gasteiger charge is 2.10. The average molecular weight is 308 g/mol. The van der Waals surface area contributed by atoms with E-state index in [0.717, 1.165) is 5.56 Å². The van der Waals surface area contributed by atoms with Crippen LogP contribution in [0.2, 0.25) is 0 Å². The van der Waals surface area contributed by atoms with Crippen molar-refractivity contribution in [1.29, 1.82) is 5.26 Å². The molecule has 23 heavy (non-hydrogen) atoms. The molecule has 0 unspecified atom stereocenters. The summed E-state index contributed by atoms with van der Waals surface area (Å²) < 4.78 is 4.95. The van der Waals surface area contributed by atoms with Gasteiger partial charge in [-0.2, -0.15) is 5.26 Å². The summed E-state index contributed by atoms with van der Waals surface area (Å²) in [6.45, 7) is 1.95. The highest BCUT2D eigenvalue weighted by Crippen LogP contribution is 2.27. The molecule has 0 atom stereocenters. The number of nitrogens with zero attached hydrogens (tertiary/aromatic N) is 1. The van der Waals surface area contributed by atoms with Gasteiger partial charge in [-0.25, -0.2) is 0 Å². The molecule has 5 heteroatoms. The van der Waals surface area contributed by atoms with E-state index in [1.54, 1.807) is 24.3 Å². The van der Waals surface area contributed by atoms with E-state index in [9.17, 15) is 15.2 Å². The number of ether oxygens (including phenoxy) is 1. The number of carbonyl (C=O) groups excluding carboxylic acids is 1. The Kier molecular flexibility index (Phi) is 5.00. The maximum Gasteiger partial charge on any atom is 0.266 e. The van der Waals surface area contributed by atoms with Crippen molar-refractivity contribution in [3.63, 3.8) is 0 Å². The number of benzene rings is 2. The van der Waals surface area contributed by atoms with Gasteiger partial charge in [-0.3, -0.25) is 4.79 Å². The second-order valence-electron chi connectivity index (χ2n) is 4.92. The second kappa shape index (κ2) is 7.14. The number of phenolic OH excluding ortho intramolecular Hbond substituents is 1. The number of anilines is 1. The molecule has 2 aromatic rings. The van der Waals surface area contributed by atoms with Gasteiger partial charge in [-0.05, 0) is 42.8 Å². The largest absolute Gasteiger partial charge is 0.504 e. The van der Waals surface area contributed by atoms with Crippen LogP contribution in [0.15, 0.2) is 48.0 Å². The van der Waals surface area contributed by atoms with Crippen molar-refractivity contribution >= 4 is 17.7 Å². The van der Waals surface area contributed by atoms with E-state index in [0.29, 0.717) is 17.0 Å². The summed E-state index contributed by atoms with van der Waals surface area (Å²) in [7, 11) is 1.44. The first kappa shape index (κ1) is 16.1. The lowest BCUT2D eigenvalue weighted by atomic mass is 10.1. The zero-order chi connectivity index (χ0) is 16.8. The van der Waals surface area contributed by atoms with Gasteiger partial charge in [-0.1, -0.05) is 23.8 Å². The number of hydrogen-bond acceptors (Lipinski definition) is 4. The SMILES string of the molecule is COc1ccc(C=C(C#N)C(=O)Nc2ccc(C)cc2)cc1O. The summed E-state index contributed by atoms with van der Waals surface area (Å²) in [6.07, 6.45) is 1.41. The fourth-order valence-electron chi connectivity index (χ4n) is 1.95. The molecule has 0 radical (unpaired) electrons. The number of methoxy groups -OCH3 is 1. The first-order chi connectivity index (χ1) is 11.0. The molecule has 2 N–H and O–H groups in total. The smallest absolute Gasteiger partial charge is 0.266 e. The molecule has 0 aliphatic heterocycles. The van der Waals surface area contributed by atoms with E-state index in [2.05, 4.69) is 5.32 Å². The van der Waals surface area contributed by atoms with Crippen LogP contribution in [-0.4, -0.2) is 18.1 Å². The summed E-state index contributed by atoms with van der Waals surface area (Å²) in [4.78, 5) is 12.2. The van der Waals surface area contributed by atoms with Gasteiger partial charge in [0.2, 0.25) is 0 Å². The molecule has 0 saturated heterocycles. The molecule has 0 aliphatic rings. The molecule has 0 aromatic heterocycles. The minimum Gasteiger partial charge on any atom is -0.504 e. The first-order valence-corrected chi connectivity index (χ1v) is 6.90. The minimum absolute atomic E-state index is 0.0579. The number of amides is 1. The molecule has 0 fully saturated rings. The van der Waals surface area contributed by atoms with Crippen molar-refractivity contribution in [3.05, 3.63) is 59.2 Å². The zero-order valence-electron chi connectivity index (χ0n) is 12.8. The number of rotatable bonds is 4. The third-order valence-electron chi connectivity index (χ3n) is 3.19. The monoisotopic (exact) mass is 308 g/mol. The second-order valence-corrected chi connectivity index (χ2v) is 4.92. The molecule has 0 bridgehead atoms. The Bertz CT molecular complexity index is 787. The number of aromatic hydroxyl groups is 1. The minimum atomic E-state index is -0.508. The molecule has 0 saturated carbocycles. The van der Waals surface area contributed by atoms with Gasteiger partial charge in [0.1, 0.15) is 11.6 Å². The number of phenols is 1. The van der Waals surface area contributed by atoms with Crippen molar-refractivity contribution in [2.45, 2.75) is 6.92 Å². The number of nitriles is 1. The Morgan fingerprint density at radius 3 is 2.52 bits per heavy atom. The molecule has 0 aliphatic carbocycles. The van der Waals surface area contributed by atoms with Gasteiger partial charge >= 0.3 is 0 Å². The van der Waals surface area contributed by atoms with E-state index in [1.807, 2.05) is 25.1 Å². The molecule has 116 valence electrons. The van der Waals surface area contributed by atoms with Crippen molar-refractivity contribution < 1.29 is 14.6 Å². The average Bonchev–Trinajstić information content (AvgIpc) is 2.54. The third kappa shape index (κ3) is 4.11. The highest BCUT2D eigenvalue weighted by molar-refractivity contribution is 6.09. The lowest BCUT2D eigenvalue weighted by Crippen LogP contribution is -2.13. The fourth-order valence-corrected chi connectivity index (χ4v) is 1.95. The quantitative estimate of drug-likeness (QED) is 0.671. The summed E-state index contributed by atoms with van der Waals surface area (Å²) >= 11 is 0. The van der Waals surface area contributed by atoms with Crippen LogP contribution in [0.25, 0.3) is 6.08 Å². The van der Waals surface area contributed by atoms with Crippen LogP contribution in [0.3, 0.4) is 0 Å². The molecule has 0 heterocycles.